The van der Waals surface area contributed by atoms with Crippen LogP contribution >= 0.6 is 0 Å². The van der Waals surface area contributed by atoms with Gasteiger partial charge in [-0.1, -0.05) is 200 Å². The molecule has 0 bridgehead atoms. The van der Waals surface area contributed by atoms with Crippen molar-refractivity contribution in [2.45, 2.75) is 0 Å². The van der Waals surface area contributed by atoms with E-state index in [4.69, 9.17) is 0 Å². The van der Waals surface area contributed by atoms with E-state index in [-0.39, 0.29) is 0 Å². The van der Waals surface area contributed by atoms with Crippen molar-refractivity contribution in [1.29, 1.82) is 0 Å². The minimum absolute atomic E-state index is 1.10. The van der Waals surface area contributed by atoms with Crippen LogP contribution in [0.15, 0.2) is 249 Å². The van der Waals surface area contributed by atoms with Crippen LogP contribution in [0.3, 0.4) is 0 Å². The number of hydrogen-bond acceptors (Lipinski definition) is 1. The summed E-state index contributed by atoms with van der Waals surface area (Å²) in [4.78, 5) is 2.42. The van der Waals surface area contributed by atoms with Crippen LogP contribution in [0.5, 0.6) is 0 Å². The van der Waals surface area contributed by atoms with Gasteiger partial charge < -0.3 is 4.90 Å². The third-order valence-corrected chi connectivity index (χ3v) is 12.8. The van der Waals surface area contributed by atoms with E-state index in [0.717, 1.165) is 22.6 Å². The first kappa shape index (κ1) is 36.6. The quantitative estimate of drug-likeness (QED) is 0.145. The first-order valence-electron chi connectivity index (χ1n) is 21.7. The van der Waals surface area contributed by atoms with Gasteiger partial charge in [-0.3, -0.25) is 0 Å². The lowest BCUT2D eigenvalue weighted by Crippen LogP contribution is -2.10. The second-order valence-corrected chi connectivity index (χ2v) is 16.5. The van der Waals surface area contributed by atoms with Gasteiger partial charge in [0.1, 0.15) is 0 Å². The van der Waals surface area contributed by atoms with Crippen molar-refractivity contribution < 1.29 is 0 Å². The molecule has 0 fully saturated rings. The molecule has 0 aliphatic carbocycles. The molecule has 294 valence electrons. The van der Waals surface area contributed by atoms with Crippen molar-refractivity contribution in [1.82, 2.24) is 0 Å². The highest BCUT2D eigenvalue weighted by Crippen LogP contribution is 2.46. The van der Waals surface area contributed by atoms with Gasteiger partial charge in [0.05, 0.1) is 0 Å². The highest BCUT2D eigenvalue weighted by atomic mass is 15.1. The molecule has 0 saturated carbocycles. The molecule has 0 aliphatic rings. The van der Waals surface area contributed by atoms with Crippen molar-refractivity contribution in [2.24, 2.45) is 0 Å². The highest BCUT2D eigenvalue weighted by Gasteiger charge is 2.20. The summed E-state index contributed by atoms with van der Waals surface area (Å²) in [5.74, 6) is 0. The zero-order valence-electron chi connectivity index (χ0n) is 34.6. The molecule has 12 aromatic carbocycles. The van der Waals surface area contributed by atoms with Crippen molar-refractivity contribution >= 4 is 70.9 Å². The zero-order valence-corrected chi connectivity index (χ0v) is 34.6. The maximum Gasteiger partial charge on any atom is 0.0468 e. The molecule has 63 heavy (non-hydrogen) atoms. The molecular formula is C62H41N. The number of rotatable bonds is 7. The van der Waals surface area contributed by atoms with Gasteiger partial charge in [0.2, 0.25) is 0 Å². The summed E-state index contributed by atoms with van der Waals surface area (Å²) in [5, 5.41) is 12.4. The summed E-state index contributed by atoms with van der Waals surface area (Å²) in [6.07, 6.45) is 0. The Bertz CT molecular complexity index is 3670. The van der Waals surface area contributed by atoms with Gasteiger partial charge in [-0.05, 0) is 147 Å². The largest absolute Gasteiger partial charge is 0.310 e. The van der Waals surface area contributed by atoms with E-state index in [1.165, 1.54) is 92.8 Å². The minimum atomic E-state index is 1.10. The molecule has 0 aliphatic heterocycles. The third-order valence-electron chi connectivity index (χ3n) is 12.8. The van der Waals surface area contributed by atoms with E-state index < -0.39 is 0 Å². The van der Waals surface area contributed by atoms with Gasteiger partial charge >= 0.3 is 0 Å². The molecule has 1 heteroatoms. The SMILES string of the molecule is c1ccc(-c2ccc3cc(N(c4cccc(-c5ccc6c(c5)c(-c5ccccc5)c(-c5ccccc5)c5ccccc56)c4)c4ccc5c(ccc6ccccc65)c4)ccc3c2)cc1. The lowest BCUT2D eigenvalue weighted by molar-refractivity contribution is 1.29. The molecule has 0 heterocycles. The summed E-state index contributed by atoms with van der Waals surface area (Å²) in [7, 11) is 0. The second-order valence-electron chi connectivity index (χ2n) is 16.5. The number of hydrogen-bond donors (Lipinski definition) is 0. The van der Waals surface area contributed by atoms with Crippen LogP contribution in [0.2, 0.25) is 0 Å². The van der Waals surface area contributed by atoms with Gasteiger partial charge in [0, 0.05) is 17.1 Å². The van der Waals surface area contributed by atoms with E-state index >= 15 is 0 Å². The fraction of sp³-hybridized carbons (Fsp3) is 0. The van der Waals surface area contributed by atoms with E-state index in [2.05, 4.69) is 254 Å². The number of anilines is 3. The Morgan fingerprint density at radius 1 is 0.190 bits per heavy atom. The van der Waals surface area contributed by atoms with Crippen LogP contribution in [0.25, 0.3) is 98.4 Å². The van der Waals surface area contributed by atoms with Gasteiger partial charge in [-0.15, -0.1) is 0 Å². The number of benzene rings is 12. The van der Waals surface area contributed by atoms with Gasteiger partial charge in [0.25, 0.3) is 0 Å². The standard InChI is InChI=1S/C62H41N/c1-4-15-42(16-5-1)47-28-29-49-39-53(33-31-48(49)37-47)63(54-34-36-56-51(40-54)30-27-43-17-10-11-24-55(43)56)52-23-14-22-46(38-52)50-32-35-58-57-25-12-13-26-59(57)61(44-18-6-2-7-19-44)62(60(58)41-50)45-20-8-3-9-21-45/h1-41H. The summed E-state index contributed by atoms with van der Waals surface area (Å²) >= 11 is 0. The predicted molar refractivity (Wildman–Crippen MR) is 270 cm³/mol. The van der Waals surface area contributed by atoms with Crippen LogP contribution in [0.4, 0.5) is 17.1 Å². The average molecular weight is 800 g/mol. The number of nitrogens with zero attached hydrogens (tertiary/aromatic N) is 1. The van der Waals surface area contributed by atoms with Crippen LogP contribution in [-0.4, -0.2) is 0 Å². The van der Waals surface area contributed by atoms with Crippen molar-refractivity contribution in [3.05, 3.63) is 249 Å². The van der Waals surface area contributed by atoms with Crippen LogP contribution in [0.1, 0.15) is 0 Å². The molecular weight excluding hydrogens is 759 g/mol. The Morgan fingerprint density at radius 2 is 0.635 bits per heavy atom. The molecule has 0 amide bonds. The van der Waals surface area contributed by atoms with E-state index in [1.807, 2.05) is 0 Å². The monoisotopic (exact) mass is 799 g/mol. The molecule has 1 nitrogen and oxygen atoms in total. The first-order valence-corrected chi connectivity index (χ1v) is 21.7. The Kier molecular flexibility index (Phi) is 8.90. The molecule has 12 aromatic rings. The van der Waals surface area contributed by atoms with Crippen LogP contribution < -0.4 is 4.90 Å². The molecule has 0 atom stereocenters. The highest BCUT2D eigenvalue weighted by molar-refractivity contribution is 6.22. The maximum absolute atomic E-state index is 2.42. The Balaban J connectivity index is 1.05. The van der Waals surface area contributed by atoms with Crippen molar-refractivity contribution in [3.8, 4) is 44.5 Å². The predicted octanol–water partition coefficient (Wildman–Crippen LogP) is 17.6. The molecule has 0 aromatic heterocycles. The maximum atomic E-state index is 2.42. The molecule has 0 saturated heterocycles. The second kappa shape index (κ2) is 15.3. The van der Waals surface area contributed by atoms with E-state index in [1.54, 1.807) is 0 Å². The molecule has 0 spiro atoms. The average Bonchev–Trinajstić information content (AvgIpc) is 3.36. The Morgan fingerprint density at radius 3 is 1.40 bits per heavy atom. The summed E-state index contributed by atoms with van der Waals surface area (Å²) in [6, 6.07) is 91.1. The summed E-state index contributed by atoms with van der Waals surface area (Å²) in [6.45, 7) is 0. The third kappa shape index (κ3) is 6.50. The van der Waals surface area contributed by atoms with E-state index in [0.29, 0.717) is 0 Å². The number of fused-ring (bicyclic) bond motifs is 7. The topological polar surface area (TPSA) is 3.24 Å². The van der Waals surface area contributed by atoms with Crippen LogP contribution in [0, 0.1) is 0 Å². The smallest absolute Gasteiger partial charge is 0.0468 e. The molecule has 12 rings (SSSR count). The zero-order chi connectivity index (χ0) is 41.7. The molecule has 0 radical (unpaired) electrons. The lowest BCUT2D eigenvalue weighted by atomic mass is 9.84. The van der Waals surface area contributed by atoms with E-state index in [9.17, 15) is 0 Å². The summed E-state index contributed by atoms with van der Waals surface area (Å²) in [5.41, 5.74) is 13.0. The summed E-state index contributed by atoms with van der Waals surface area (Å²) < 4.78 is 0. The van der Waals surface area contributed by atoms with Gasteiger partial charge in [-0.25, -0.2) is 0 Å². The van der Waals surface area contributed by atoms with Crippen LogP contribution in [-0.2, 0) is 0 Å². The Hall–Kier alpha value is -8.26. The van der Waals surface area contributed by atoms with Crippen molar-refractivity contribution in [2.75, 3.05) is 4.90 Å². The van der Waals surface area contributed by atoms with Crippen molar-refractivity contribution in [3.63, 3.8) is 0 Å². The fourth-order valence-electron chi connectivity index (χ4n) is 9.77. The Labute approximate surface area is 367 Å². The normalized spacial score (nSPS) is 11.5. The van der Waals surface area contributed by atoms with Gasteiger partial charge in [-0.2, -0.15) is 0 Å². The van der Waals surface area contributed by atoms with Gasteiger partial charge in [0.15, 0.2) is 0 Å². The molecule has 0 N–H and O–H groups in total. The first-order chi connectivity index (χ1) is 31.2. The minimum Gasteiger partial charge on any atom is -0.310 e. The lowest BCUT2D eigenvalue weighted by Gasteiger charge is -2.27. The fourth-order valence-corrected chi connectivity index (χ4v) is 9.77. The molecule has 0 unspecified atom stereocenters.